The van der Waals surface area contributed by atoms with Crippen molar-refractivity contribution in [3.05, 3.63) is 11.4 Å². The fourth-order valence-corrected chi connectivity index (χ4v) is 5.17. The van der Waals surface area contributed by atoms with E-state index in [0.29, 0.717) is 36.9 Å². The number of aryl methyl sites for hydroxylation is 1. The smallest absolute Gasteiger partial charge is 0.246 e. The van der Waals surface area contributed by atoms with Crippen molar-refractivity contribution in [2.75, 3.05) is 26.7 Å². The van der Waals surface area contributed by atoms with E-state index < -0.39 is 10.0 Å². The molecule has 7 nitrogen and oxygen atoms in total. The normalized spacial score (nSPS) is 16.8. The quantitative estimate of drug-likeness (QED) is 0.722. The lowest BCUT2D eigenvalue weighted by atomic mass is 10.0. The molecule has 1 aliphatic heterocycles. The molecule has 0 aliphatic carbocycles. The summed E-state index contributed by atoms with van der Waals surface area (Å²) in [5.74, 6) is 0.502. The molecule has 0 atom stereocenters. The third kappa shape index (κ3) is 4.46. The highest BCUT2D eigenvalue weighted by Gasteiger charge is 2.33. The maximum absolute atomic E-state index is 13.1. The molecule has 0 unspecified atom stereocenters. The molecule has 1 amide bonds. The molecule has 1 aromatic heterocycles. The standard InChI is InChI=1S/C18H32N4O3S/c1-6-7-10-20(5)17(23)13-22-16(4)18(15(3)19-22)26(24,25)21-11-8-14(2)9-12-21/h14H,6-13H2,1-5H3. The van der Waals surface area contributed by atoms with Gasteiger partial charge in [-0.2, -0.15) is 9.40 Å². The van der Waals surface area contributed by atoms with Gasteiger partial charge in [-0.25, -0.2) is 8.42 Å². The number of likely N-dealkylation sites (N-methyl/N-ethyl adjacent to an activating group) is 1. The monoisotopic (exact) mass is 384 g/mol. The van der Waals surface area contributed by atoms with E-state index in [1.807, 2.05) is 0 Å². The van der Waals surface area contributed by atoms with E-state index in [4.69, 9.17) is 0 Å². The van der Waals surface area contributed by atoms with Gasteiger partial charge < -0.3 is 4.90 Å². The number of amides is 1. The molecule has 148 valence electrons. The van der Waals surface area contributed by atoms with Crippen molar-refractivity contribution in [2.45, 2.75) is 64.8 Å². The van der Waals surface area contributed by atoms with Gasteiger partial charge in [-0.1, -0.05) is 20.3 Å². The van der Waals surface area contributed by atoms with Crippen molar-refractivity contribution < 1.29 is 13.2 Å². The van der Waals surface area contributed by atoms with Crippen molar-refractivity contribution in [1.82, 2.24) is 19.0 Å². The summed E-state index contributed by atoms with van der Waals surface area (Å²) < 4.78 is 29.3. The predicted molar refractivity (Wildman–Crippen MR) is 101 cm³/mol. The van der Waals surface area contributed by atoms with Crippen LogP contribution < -0.4 is 0 Å². The number of nitrogens with zero attached hydrogens (tertiary/aromatic N) is 4. The van der Waals surface area contributed by atoms with Gasteiger partial charge in [0.25, 0.3) is 0 Å². The first-order valence-corrected chi connectivity index (χ1v) is 10.9. The van der Waals surface area contributed by atoms with E-state index in [1.54, 1.807) is 30.1 Å². The maximum Gasteiger partial charge on any atom is 0.246 e. The average molecular weight is 385 g/mol. The Bertz CT molecular complexity index is 734. The van der Waals surface area contributed by atoms with Crippen LogP contribution in [0, 0.1) is 19.8 Å². The summed E-state index contributed by atoms with van der Waals surface area (Å²) in [7, 11) is -1.80. The van der Waals surface area contributed by atoms with E-state index in [1.165, 1.54) is 4.68 Å². The zero-order valence-electron chi connectivity index (χ0n) is 16.7. The molecule has 0 aromatic carbocycles. The zero-order chi connectivity index (χ0) is 19.5. The molecular formula is C18H32N4O3S. The lowest BCUT2D eigenvalue weighted by Crippen LogP contribution is -2.38. The Labute approximate surface area is 157 Å². The highest BCUT2D eigenvalue weighted by molar-refractivity contribution is 7.89. The largest absolute Gasteiger partial charge is 0.344 e. The first-order chi connectivity index (χ1) is 12.2. The minimum atomic E-state index is -3.57. The fourth-order valence-electron chi connectivity index (χ4n) is 3.33. The molecule has 8 heteroatoms. The second-order valence-corrected chi connectivity index (χ2v) is 9.29. The number of unbranched alkanes of at least 4 members (excludes halogenated alkanes) is 1. The van der Waals surface area contributed by atoms with Crippen molar-refractivity contribution in [3.63, 3.8) is 0 Å². The van der Waals surface area contributed by atoms with Gasteiger partial charge in [0, 0.05) is 26.7 Å². The average Bonchev–Trinajstić information content (AvgIpc) is 2.87. The molecule has 2 rings (SSSR count). The molecule has 2 heterocycles. The molecule has 1 aromatic rings. The molecule has 0 bridgehead atoms. The Morgan fingerprint density at radius 2 is 1.88 bits per heavy atom. The van der Waals surface area contributed by atoms with Gasteiger partial charge in [-0.05, 0) is 39.0 Å². The zero-order valence-corrected chi connectivity index (χ0v) is 17.5. The molecule has 1 saturated heterocycles. The maximum atomic E-state index is 13.1. The molecule has 26 heavy (non-hydrogen) atoms. The van der Waals surface area contributed by atoms with Crippen molar-refractivity contribution in [3.8, 4) is 0 Å². The van der Waals surface area contributed by atoms with Crippen LogP contribution in [-0.2, 0) is 21.4 Å². The highest BCUT2D eigenvalue weighted by Crippen LogP contribution is 2.27. The summed E-state index contributed by atoms with van der Waals surface area (Å²) >= 11 is 0. The predicted octanol–water partition coefficient (Wildman–Crippen LogP) is 2.18. The van der Waals surface area contributed by atoms with Crippen LogP contribution in [0.5, 0.6) is 0 Å². The first kappa shape index (κ1) is 20.9. The van der Waals surface area contributed by atoms with E-state index in [2.05, 4.69) is 18.9 Å². The van der Waals surface area contributed by atoms with Crippen LogP contribution in [0.1, 0.15) is 50.9 Å². The second kappa shape index (κ2) is 8.52. The van der Waals surface area contributed by atoms with Crippen molar-refractivity contribution in [2.24, 2.45) is 5.92 Å². The number of hydrogen-bond acceptors (Lipinski definition) is 4. The number of rotatable bonds is 7. The van der Waals surface area contributed by atoms with E-state index >= 15 is 0 Å². The lowest BCUT2D eigenvalue weighted by Gasteiger charge is -2.29. The molecule has 1 aliphatic rings. The van der Waals surface area contributed by atoms with Gasteiger partial charge >= 0.3 is 0 Å². The second-order valence-electron chi connectivity index (χ2n) is 7.41. The Balaban J connectivity index is 2.20. The van der Waals surface area contributed by atoms with Gasteiger partial charge in [0.05, 0.1) is 11.4 Å². The first-order valence-electron chi connectivity index (χ1n) is 9.46. The Morgan fingerprint density at radius 3 is 2.46 bits per heavy atom. The van der Waals surface area contributed by atoms with Gasteiger partial charge in [0.1, 0.15) is 11.4 Å². The number of sulfonamides is 1. The van der Waals surface area contributed by atoms with E-state index in [9.17, 15) is 13.2 Å². The minimum absolute atomic E-state index is 0.0557. The van der Waals surface area contributed by atoms with Gasteiger partial charge in [0.15, 0.2) is 0 Å². The SMILES string of the molecule is CCCCN(C)C(=O)Cn1nc(C)c(S(=O)(=O)N2CCC(C)CC2)c1C. The summed E-state index contributed by atoms with van der Waals surface area (Å²) in [5, 5.41) is 4.35. The van der Waals surface area contributed by atoms with Crippen LogP contribution in [0.25, 0.3) is 0 Å². The lowest BCUT2D eigenvalue weighted by molar-refractivity contribution is -0.130. The van der Waals surface area contributed by atoms with Crippen molar-refractivity contribution >= 4 is 15.9 Å². The molecule has 0 saturated carbocycles. The molecule has 0 radical (unpaired) electrons. The van der Waals surface area contributed by atoms with Crippen LogP contribution in [0.4, 0.5) is 0 Å². The number of hydrogen-bond donors (Lipinski definition) is 0. The Hall–Kier alpha value is -1.41. The van der Waals surface area contributed by atoms with Gasteiger partial charge in [-0.15, -0.1) is 0 Å². The molecule has 0 N–H and O–H groups in total. The third-order valence-electron chi connectivity index (χ3n) is 5.21. The number of carbonyl (C=O) groups excluding carboxylic acids is 1. The minimum Gasteiger partial charge on any atom is -0.344 e. The van der Waals surface area contributed by atoms with Gasteiger partial charge in [-0.3, -0.25) is 9.48 Å². The fraction of sp³-hybridized carbons (Fsp3) is 0.778. The van der Waals surface area contributed by atoms with E-state index in [0.717, 1.165) is 25.7 Å². The summed E-state index contributed by atoms with van der Waals surface area (Å²) in [6.45, 7) is 9.54. The Morgan fingerprint density at radius 1 is 1.27 bits per heavy atom. The van der Waals surface area contributed by atoms with Crippen LogP contribution >= 0.6 is 0 Å². The van der Waals surface area contributed by atoms with E-state index in [-0.39, 0.29) is 17.3 Å². The van der Waals surface area contributed by atoms with Crippen LogP contribution in [0.3, 0.4) is 0 Å². The van der Waals surface area contributed by atoms with Crippen molar-refractivity contribution in [1.29, 1.82) is 0 Å². The number of piperidine rings is 1. The summed E-state index contributed by atoms with van der Waals surface area (Å²) in [6, 6.07) is 0. The topological polar surface area (TPSA) is 75.5 Å². The van der Waals surface area contributed by atoms with Gasteiger partial charge in [0.2, 0.25) is 15.9 Å². The number of aromatic nitrogens is 2. The Kier molecular flexibility index (Phi) is 6.85. The highest BCUT2D eigenvalue weighted by atomic mass is 32.2. The molecule has 0 spiro atoms. The molecule has 1 fully saturated rings. The van der Waals surface area contributed by atoms with Crippen LogP contribution in [0.2, 0.25) is 0 Å². The molecular weight excluding hydrogens is 352 g/mol. The summed E-state index contributed by atoms with van der Waals surface area (Å²) in [5.41, 5.74) is 1.00. The number of carbonyl (C=O) groups is 1. The summed E-state index contributed by atoms with van der Waals surface area (Å²) in [4.78, 5) is 14.3. The van der Waals surface area contributed by atoms with Crippen LogP contribution in [-0.4, -0.2) is 60.0 Å². The third-order valence-corrected chi connectivity index (χ3v) is 7.37. The van der Waals surface area contributed by atoms with Crippen LogP contribution in [0.15, 0.2) is 4.90 Å². The summed E-state index contributed by atoms with van der Waals surface area (Å²) in [6.07, 6.45) is 3.74.